The van der Waals surface area contributed by atoms with Gasteiger partial charge in [-0.3, -0.25) is 9.98 Å². The van der Waals surface area contributed by atoms with Gasteiger partial charge in [0.15, 0.2) is 17.4 Å². The molecular formula is C20H20F4N4O2. The second kappa shape index (κ2) is 8.60. The van der Waals surface area contributed by atoms with Crippen LogP contribution in [0, 0.1) is 5.82 Å². The summed E-state index contributed by atoms with van der Waals surface area (Å²) in [6.45, 7) is 2.70. The molecule has 0 saturated carbocycles. The van der Waals surface area contributed by atoms with E-state index in [0.29, 0.717) is 24.0 Å². The van der Waals surface area contributed by atoms with Crippen molar-refractivity contribution in [1.29, 1.82) is 0 Å². The molecule has 0 unspecified atom stereocenters. The number of hydrogen-bond acceptors (Lipinski definition) is 6. The van der Waals surface area contributed by atoms with E-state index in [1.165, 1.54) is 18.2 Å². The lowest BCUT2D eigenvalue weighted by Crippen LogP contribution is -2.29. The molecule has 10 heteroatoms. The number of aliphatic imine (C=N–C) groups is 1. The van der Waals surface area contributed by atoms with Crippen LogP contribution in [0.15, 0.2) is 53.5 Å². The number of alkyl halides is 3. The van der Waals surface area contributed by atoms with Crippen LogP contribution in [0.1, 0.15) is 18.2 Å². The van der Waals surface area contributed by atoms with E-state index >= 15 is 0 Å². The summed E-state index contributed by atoms with van der Waals surface area (Å²) in [5.41, 5.74) is 5.19. The fraction of sp³-hybridized carbons (Fsp3) is 0.300. The van der Waals surface area contributed by atoms with Crippen molar-refractivity contribution in [3.05, 3.63) is 65.6 Å². The molecule has 160 valence electrons. The third kappa shape index (κ3) is 5.19. The van der Waals surface area contributed by atoms with Crippen molar-refractivity contribution in [1.82, 2.24) is 9.88 Å². The summed E-state index contributed by atoms with van der Waals surface area (Å²) in [5, 5.41) is 0. The fourth-order valence-electron chi connectivity index (χ4n) is 2.64. The molecule has 1 atom stereocenters. The average molecular weight is 424 g/mol. The number of amidine groups is 1. The predicted molar refractivity (Wildman–Crippen MR) is 102 cm³/mol. The quantitative estimate of drug-likeness (QED) is 0.559. The normalized spacial score (nSPS) is 17.1. The van der Waals surface area contributed by atoms with Crippen LogP contribution in [0.2, 0.25) is 0 Å². The van der Waals surface area contributed by atoms with Gasteiger partial charge in [0.05, 0.1) is 6.54 Å². The molecule has 1 aliphatic rings. The first-order valence-electron chi connectivity index (χ1n) is 9.00. The average Bonchev–Trinajstić information content (AvgIpc) is 3.00. The van der Waals surface area contributed by atoms with Gasteiger partial charge in [-0.25, -0.2) is 4.39 Å². The van der Waals surface area contributed by atoms with Crippen molar-refractivity contribution in [2.75, 3.05) is 13.6 Å². The molecule has 1 aromatic heterocycles. The Balaban J connectivity index is 1.63. The van der Waals surface area contributed by atoms with E-state index in [9.17, 15) is 17.6 Å². The smallest absolute Gasteiger partial charge is 0.433 e. The molecule has 0 saturated heterocycles. The van der Waals surface area contributed by atoms with Gasteiger partial charge in [0.25, 0.3) is 0 Å². The summed E-state index contributed by atoms with van der Waals surface area (Å²) in [7, 11) is 1.90. The molecule has 1 aliphatic heterocycles. The minimum atomic E-state index is -4.62. The van der Waals surface area contributed by atoms with Crippen molar-refractivity contribution >= 4 is 5.84 Å². The van der Waals surface area contributed by atoms with Gasteiger partial charge in [-0.15, -0.1) is 0 Å². The molecule has 6 nitrogen and oxygen atoms in total. The monoisotopic (exact) mass is 424 g/mol. The molecule has 0 fully saturated rings. The second-order valence-electron chi connectivity index (χ2n) is 6.74. The van der Waals surface area contributed by atoms with Crippen molar-refractivity contribution in [3.8, 4) is 11.5 Å². The maximum absolute atomic E-state index is 14.3. The molecule has 1 aromatic carbocycles. The van der Waals surface area contributed by atoms with Gasteiger partial charge in [0.2, 0.25) is 0 Å². The fourth-order valence-corrected chi connectivity index (χ4v) is 2.64. The molecule has 2 N–H and O–H groups in total. The summed E-state index contributed by atoms with van der Waals surface area (Å²) in [5.74, 6) is -0.323. The number of hydrogen-bond donors (Lipinski definition) is 1. The van der Waals surface area contributed by atoms with Crippen LogP contribution in [0.25, 0.3) is 0 Å². The molecule has 0 radical (unpaired) electrons. The van der Waals surface area contributed by atoms with Crippen molar-refractivity contribution in [2.24, 2.45) is 10.7 Å². The van der Waals surface area contributed by atoms with Gasteiger partial charge in [-0.2, -0.15) is 13.2 Å². The van der Waals surface area contributed by atoms with Crippen LogP contribution in [0.3, 0.4) is 0 Å². The van der Waals surface area contributed by atoms with Crippen molar-refractivity contribution < 1.29 is 27.0 Å². The maximum atomic E-state index is 14.3. The van der Waals surface area contributed by atoms with Crippen LogP contribution >= 0.6 is 0 Å². The molecule has 0 bridgehead atoms. The lowest BCUT2D eigenvalue weighted by Gasteiger charge is -2.17. The molecule has 3 rings (SSSR count). The van der Waals surface area contributed by atoms with Crippen LogP contribution in [-0.4, -0.2) is 35.4 Å². The topological polar surface area (TPSA) is 73.0 Å². The Labute approximate surface area is 170 Å². The highest BCUT2D eigenvalue weighted by atomic mass is 19.4. The van der Waals surface area contributed by atoms with Gasteiger partial charge < -0.3 is 20.1 Å². The summed E-state index contributed by atoms with van der Waals surface area (Å²) >= 11 is 0. The van der Waals surface area contributed by atoms with Gasteiger partial charge in [-0.05, 0) is 30.7 Å². The first-order valence-corrected chi connectivity index (χ1v) is 9.00. The number of halogens is 4. The number of rotatable bonds is 6. The van der Waals surface area contributed by atoms with Gasteiger partial charge in [0.1, 0.15) is 23.9 Å². The summed E-state index contributed by atoms with van der Waals surface area (Å²) in [4.78, 5) is 9.53. The molecule has 0 aliphatic carbocycles. The highest BCUT2D eigenvalue weighted by Gasteiger charge is 2.32. The summed E-state index contributed by atoms with van der Waals surface area (Å²) < 4.78 is 63.2. The Hall–Kier alpha value is -3.30. The number of aromatic nitrogens is 1. The Morgan fingerprint density at radius 3 is 2.70 bits per heavy atom. The van der Waals surface area contributed by atoms with Crippen molar-refractivity contribution in [2.45, 2.75) is 25.7 Å². The van der Waals surface area contributed by atoms with Crippen molar-refractivity contribution in [3.63, 3.8) is 0 Å². The zero-order valence-electron chi connectivity index (χ0n) is 16.3. The number of benzene rings is 1. The Bertz CT molecular complexity index is 976. The highest BCUT2D eigenvalue weighted by Crippen LogP contribution is 2.32. The maximum Gasteiger partial charge on any atom is 0.433 e. The van der Waals surface area contributed by atoms with E-state index in [2.05, 4.69) is 9.98 Å². The zero-order valence-corrected chi connectivity index (χ0v) is 16.3. The van der Waals surface area contributed by atoms with Crippen LogP contribution < -0.4 is 10.5 Å². The Morgan fingerprint density at radius 1 is 1.30 bits per heavy atom. The van der Waals surface area contributed by atoms with Crippen LogP contribution in [0.4, 0.5) is 17.6 Å². The number of likely N-dealkylation sites (N-methyl/N-ethyl adjacent to an activating group) is 1. The lowest BCUT2D eigenvalue weighted by molar-refractivity contribution is -0.141. The van der Waals surface area contributed by atoms with Crippen LogP contribution in [-0.2, 0) is 17.5 Å². The summed E-state index contributed by atoms with van der Waals surface area (Å²) in [6, 6.07) is 6.18. The largest absolute Gasteiger partial charge is 0.474 e. The van der Waals surface area contributed by atoms with E-state index in [1.54, 1.807) is 6.08 Å². The second-order valence-corrected chi connectivity index (χ2v) is 6.74. The molecular weight excluding hydrogens is 404 g/mol. The minimum Gasteiger partial charge on any atom is -0.474 e. The predicted octanol–water partition coefficient (Wildman–Crippen LogP) is 4.08. The Morgan fingerprint density at radius 2 is 2.07 bits per heavy atom. The Kier molecular flexibility index (Phi) is 6.14. The van der Waals surface area contributed by atoms with Gasteiger partial charge in [-0.1, -0.05) is 6.07 Å². The zero-order chi connectivity index (χ0) is 21.9. The number of nitrogens with two attached hydrogens (primary N) is 1. The molecule has 2 heterocycles. The minimum absolute atomic E-state index is 0.000436. The molecule has 0 amide bonds. The molecule has 2 aromatic rings. The number of ether oxygens (including phenoxy) is 2. The van der Waals surface area contributed by atoms with Gasteiger partial charge >= 0.3 is 6.18 Å². The van der Waals surface area contributed by atoms with E-state index in [0.717, 1.165) is 12.3 Å². The first kappa shape index (κ1) is 21.4. The lowest BCUT2D eigenvalue weighted by atomic mass is 10.2. The number of nitrogens with zero attached hydrogens (tertiary/aromatic N) is 3. The molecule has 0 spiro atoms. The van der Waals surface area contributed by atoms with E-state index in [1.807, 2.05) is 18.9 Å². The highest BCUT2D eigenvalue weighted by molar-refractivity contribution is 5.94. The SMILES string of the molecule is C[C@H]1CN=C(C=C(N)OCc2ccc(Oc3ccnc(C(F)(F)F)c3)c(F)c2)N1C. The van der Waals surface area contributed by atoms with E-state index in [4.69, 9.17) is 15.2 Å². The first-order chi connectivity index (χ1) is 14.1. The summed E-state index contributed by atoms with van der Waals surface area (Å²) in [6.07, 6.45) is -2.08. The number of pyridine rings is 1. The van der Waals surface area contributed by atoms with E-state index in [-0.39, 0.29) is 30.0 Å². The van der Waals surface area contributed by atoms with E-state index < -0.39 is 17.7 Å². The van der Waals surface area contributed by atoms with Gasteiger partial charge in [0, 0.05) is 31.4 Å². The standard InChI is InChI=1S/C20H20F4N4O2/c1-12-10-27-19(28(12)2)9-18(25)29-11-13-3-4-16(15(21)7-13)30-14-5-6-26-17(8-14)20(22,23)24/h3-9,12H,10-11,25H2,1-2H3/t12-/m0/s1. The third-order valence-corrected chi connectivity index (χ3v) is 4.46. The van der Waals surface area contributed by atoms with Crippen LogP contribution in [0.5, 0.6) is 11.5 Å². The third-order valence-electron chi connectivity index (χ3n) is 4.46. The molecule has 30 heavy (non-hydrogen) atoms.